The topological polar surface area (TPSA) is 100 Å². The number of benzene rings is 1. The van der Waals surface area contributed by atoms with Crippen molar-refractivity contribution in [3.63, 3.8) is 0 Å². The van der Waals surface area contributed by atoms with E-state index in [-0.39, 0.29) is 12.3 Å². The molecule has 2 heterocycles. The highest BCUT2D eigenvalue weighted by atomic mass is 19.4. The summed E-state index contributed by atoms with van der Waals surface area (Å²) in [4.78, 5) is 16.3. The SMILES string of the molecule is CC(C)(O)c1cc2c(cnn2CCCCCO)cc1NC(=O)c1ncccc1C(F)(F)F. The van der Waals surface area contributed by atoms with Crippen molar-refractivity contribution in [1.82, 2.24) is 14.8 Å². The van der Waals surface area contributed by atoms with Gasteiger partial charge in [0, 0.05) is 36.0 Å². The van der Waals surface area contributed by atoms with Crippen LogP contribution in [0.1, 0.15) is 54.7 Å². The van der Waals surface area contributed by atoms with E-state index in [1.807, 2.05) is 0 Å². The van der Waals surface area contributed by atoms with Gasteiger partial charge in [0.25, 0.3) is 5.91 Å². The van der Waals surface area contributed by atoms with Gasteiger partial charge in [0.2, 0.25) is 0 Å². The summed E-state index contributed by atoms with van der Waals surface area (Å²) in [6, 6.07) is 5.16. The molecule has 3 N–H and O–H groups in total. The zero-order chi connectivity index (χ0) is 23.5. The number of anilines is 1. The number of carbonyl (C=O) groups excluding carboxylic acids is 1. The van der Waals surface area contributed by atoms with Gasteiger partial charge in [-0.25, -0.2) is 0 Å². The number of nitrogens with one attached hydrogen (secondary N) is 1. The van der Waals surface area contributed by atoms with Crippen molar-refractivity contribution in [3.8, 4) is 0 Å². The van der Waals surface area contributed by atoms with Gasteiger partial charge >= 0.3 is 6.18 Å². The standard InChI is InChI=1S/C22H25F3N4O3/c1-21(2,32)16-12-18-14(13-27-29(18)9-4-3-5-10-30)11-17(16)28-20(31)19-15(22(23,24)25)7-6-8-26-19/h6-8,11-13,30,32H,3-5,9-10H2,1-2H3,(H,28,31). The van der Waals surface area contributed by atoms with Crippen LogP contribution in [-0.4, -0.2) is 37.5 Å². The number of aryl methyl sites for hydroxylation is 1. The second-order valence-corrected chi connectivity index (χ2v) is 8.02. The maximum Gasteiger partial charge on any atom is 0.418 e. The molecule has 1 aromatic carbocycles. The molecule has 3 aromatic rings. The molecule has 0 unspecified atom stereocenters. The highest BCUT2D eigenvalue weighted by molar-refractivity contribution is 6.05. The Hall–Kier alpha value is -2.98. The molecule has 172 valence electrons. The lowest BCUT2D eigenvalue weighted by atomic mass is 9.95. The van der Waals surface area contributed by atoms with Gasteiger partial charge < -0.3 is 15.5 Å². The number of pyridine rings is 1. The minimum absolute atomic E-state index is 0.123. The maximum atomic E-state index is 13.3. The molecule has 0 saturated heterocycles. The molecular formula is C22H25F3N4O3. The number of alkyl halides is 3. The summed E-state index contributed by atoms with van der Waals surface area (Å²) in [5, 5.41) is 27.1. The fourth-order valence-corrected chi connectivity index (χ4v) is 3.46. The predicted octanol–water partition coefficient (Wildman–Crippen LogP) is 4.09. The van der Waals surface area contributed by atoms with Crippen LogP contribution in [0, 0.1) is 0 Å². The van der Waals surface area contributed by atoms with Crippen molar-refractivity contribution in [2.75, 3.05) is 11.9 Å². The number of nitrogens with zero attached hydrogens (tertiary/aromatic N) is 3. The first-order valence-corrected chi connectivity index (χ1v) is 10.2. The number of aliphatic hydroxyl groups is 2. The highest BCUT2D eigenvalue weighted by Gasteiger charge is 2.36. The molecule has 10 heteroatoms. The van der Waals surface area contributed by atoms with E-state index in [4.69, 9.17) is 5.11 Å². The quantitative estimate of drug-likeness (QED) is 0.449. The Balaban J connectivity index is 1.97. The number of unbranched alkanes of at least 4 members (excludes halogenated alkanes) is 2. The van der Waals surface area contributed by atoms with Crippen LogP contribution in [0.2, 0.25) is 0 Å². The molecule has 1 amide bonds. The van der Waals surface area contributed by atoms with Crippen molar-refractivity contribution in [3.05, 3.63) is 53.5 Å². The van der Waals surface area contributed by atoms with Crippen LogP contribution in [-0.2, 0) is 18.3 Å². The van der Waals surface area contributed by atoms with Crippen molar-refractivity contribution in [2.45, 2.75) is 51.4 Å². The summed E-state index contributed by atoms with van der Waals surface area (Å²) in [5.41, 5.74) is -2.05. The van der Waals surface area contributed by atoms with Gasteiger partial charge in [0.1, 0.15) is 5.69 Å². The fourth-order valence-electron chi connectivity index (χ4n) is 3.46. The largest absolute Gasteiger partial charge is 0.418 e. The zero-order valence-electron chi connectivity index (χ0n) is 17.8. The highest BCUT2D eigenvalue weighted by Crippen LogP contribution is 2.34. The Morgan fingerprint density at radius 3 is 2.56 bits per heavy atom. The van der Waals surface area contributed by atoms with Gasteiger partial charge in [-0.1, -0.05) is 0 Å². The number of rotatable bonds is 8. The molecular weight excluding hydrogens is 425 g/mol. The normalized spacial score (nSPS) is 12.3. The Morgan fingerprint density at radius 1 is 1.16 bits per heavy atom. The maximum absolute atomic E-state index is 13.3. The van der Waals surface area contributed by atoms with Crippen LogP contribution in [0.4, 0.5) is 18.9 Å². The summed E-state index contributed by atoms with van der Waals surface area (Å²) in [6.07, 6.45) is 0.292. The van der Waals surface area contributed by atoms with Gasteiger partial charge in [-0.05, 0) is 57.4 Å². The van der Waals surface area contributed by atoms with E-state index in [1.165, 1.54) is 13.8 Å². The Bertz CT molecular complexity index is 1100. The second kappa shape index (κ2) is 9.25. The number of fused-ring (bicyclic) bond motifs is 1. The van der Waals surface area contributed by atoms with Gasteiger partial charge in [0.05, 0.1) is 22.9 Å². The van der Waals surface area contributed by atoms with Crippen molar-refractivity contribution < 1.29 is 28.2 Å². The molecule has 0 aliphatic heterocycles. The van der Waals surface area contributed by atoms with Crippen LogP contribution in [0.25, 0.3) is 10.9 Å². The van der Waals surface area contributed by atoms with Crippen LogP contribution in [0.15, 0.2) is 36.7 Å². The van der Waals surface area contributed by atoms with Crippen LogP contribution in [0.5, 0.6) is 0 Å². The summed E-state index contributed by atoms with van der Waals surface area (Å²) < 4.78 is 41.6. The number of hydrogen-bond donors (Lipinski definition) is 3. The average Bonchev–Trinajstić information content (AvgIpc) is 3.11. The lowest BCUT2D eigenvalue weighted by molar-refractivity contribution is -0.138. The molecule has 0 aliphatic rings. The summed E-state index contributed by atoms with van der Waals surface area (Å²) in [7, 11) is 0. The molecule has 0 bridgehead atoms. The summed E-state index contributed by atoms with van der Waals surface area (Å²) >= 11 is 0. The number of carbonyl (C=O) groups is 1. The lowest BCUT2D eigenvalue weighted by Crippen LogP contribution is -2.24. The third kappa shape index (κ3) is 5.25. The van der Waals surface area contributed by atoms with Gasteiger partial charge in [-0.3, -0.25) is 14.5 Å². The predicted molar refractivity (Wildman–Crippen MR) is 113 cm³/mol. The Morgan fingerprint density at radius 2 is 1.91 bits per heavy atom. The molecule has 3 rings (SSSR count). The van der Waals surface area contributed by atoms with E-state index in [2.05, 4.69) is 15.4 Å². The van der Waals surface area contributed by atoms with E-state index in [0.29, 0.717) is 23.9 Å². The van der Waals surface area contributed by atoms with E-state index in [0.717, 1.165) is 36.7 Å². The molecule has 32 heavy (non-hydrogen) atoms. The number of hydrogen-bond acceptors (Lipinski definition) is 5. The smallest absolute Gasteiger partial charge is 0.396 e. The first-order valence-electron chi connectivity index (χ1n) is 10.2. The molecule has 0 aliphatic carbocycles. The molecule has 0 atom stereocenters. The molecule has 7 nitrogen and oxygen atoms in total. The lowest BCUT2D eigenvalue weighted by Gasteiger charge is -2.23. The third-order valence-corrected chi connectivity index (χ3v) is 5.04. The fraction of sp³-hybridized carbons (Fsp3) is 0.409. The number of amides is 1. The third-order valence-electron chi connectivity index (χ3n) is 5.04. The van der Waals surface area contributed by atoms with Crippen molar-refractivity contribution >= 4 is 22.5 Å². The molecule has 0 saturated carbocycles. The summed E-state index contributed by atoms with van der Waals surface area (Å²) in [6.45, 7) is 3.77. The molecule has 0 fully saturated rings. The van der Waals surface area contributed by atoms with Gasteiger partial charge in [0.15, 0.2) is 0 Å². The van der Waals surface area contributed by atoms with E-state index in [1.54, 1.807) is 23.0 Å². The summed E-state index contributed by atoms with van der Waals surface area (Å²) in [5.74, 6) is -1.03. The Kier molecular flexibility index (Phi) is 6.85. The number of aromatic nitrogens is 3. The average molecular weight is 450 g/mol. The van der Waals surface area contributed by atoms with Crippen molar-refractivity contribution in [2.24, 2.45) is 0 Å². The van der Waals surface area contributed by atoms with E-state index >= 15 is 0 Å². The van der Waals surface area contributed by atoms with E-state index in [9.17, 15) is 23.1 Å². The molecule has 0 radical (unpaired) electrons. The number of halogens is 3. The monoisotopic (exact) mass is 450 g/mol. The minimum atomic E-state index is -4.73. The van der Waals surface area contributed by atoms with Gasteiger partial charge in [-0.2, -0.15) is 18.3 Å². The van der Waals surface area contributed by atoms with Crippen LogP contribution in [0.3, 0.4) is 0 Å². The first-order chi connectivity index (χ1) is 15.0. The molecule has 2 aromatic heterocycles. The molecule has 0 spiro atoms. The van der Waals surface area contributed by atoms with Crippen LogP contribution < -0.4 is 5.32 Å². The Labute approximate surface area is 182 Å². The first kappa shape index (κ1) is 23.7. The van der Waals surface area contributed by atoms with Gasteiger partial charge in [-0.15, -0.1) is 0 Å². The van der Waals surface area contributed by atoms with Crippen molar-refractivity contribution in [1.29, 1.82) is 0 Å². The van der Waals surface area contributed by atoms with Crippen LogP contribution >= 0.6 is 0 Å². The number of aliphatic hydroxyl groups excluding tert-OH is 1. The van der Waals surface area contributed by atoms with E-state index < -0.39 is 28.9 Å². The zero-order valence-corrected chi connectivity index (χ0v) is 17.8. The second-order valence-electron chi connectivity index (χ2n) is 8.02. The minimum Gasteiger partial charge on any atom is -0.396 e.